The SMILES string of the molecule is CC[C@H]1S[C@@H](c2cc(OC)ccc2OC)N(CC[NH2+]C)C1=O. The number of quaternary nitrogens is 1. The fourth-order valence-electron chi connectivity index (χ4n) is 2.63. The summed E-state index contributed by atoms with van der Waals surface area (Å²) in [7, 11) is 5.33. The Kier molecular flexibility index (Phi) is 5.97. The van der Waals surface area contributed by atoms with Gasteiger partial charge >= 0.3 is 0 Å². The first-order valence-corrected chi connectivity index (χ1v) is 8.56. The summed E-state index contributed by atoms with van der Waals surface area (Å²) in [6.07, 6.45) is 0.846. The van der Waals surface area contributed by atoms with Crippen LogP contribution < -0.4 is 14.8 Å². The Bertz CT molecular complexity index is 524. The van der Waals surface area contributed by atoms with Crippen molar-refractivity contribution >= 4 is 17.7 Å². The van der Waals surface area contributed by atoms with Crippen LogP contribution in [0.3, 0.4) is 0 Å². The molecule has 1 fully saturated rings. The lowest BCUT2D eigenvalue weighted by Crippen LogP contribution is -2.81. The zero-order valence-corrected chi connectivity index (χ0v) is 14.5. The second-order valence-corrected chi connectivity index (χ2v) is 6.51. The molecule has 1 aliphatic heterocycles. The van der Waals surface area contributed by atoms with Crippen molar-refractivity contribution < 1.29 is 19.6 Å². The zero-order valence-electron chi connectivity index (χ0n) is 13.7. The van der Waals surface area contributed by atoms with Gasteiger partial charge in [-0.05, 0) is 24.6 Å². The van der Waals surface area contributed by atoms with E-state index in [-0.39, 0.29) is 16.5 Å². The summed E-state index contributed by atoms with van der Waals surface area (Å²) in [5.41, 5.74) is 1.01. The van der Waals surface area contributed by atoms with E-state index in [9.17, 15) is 4.79 Å². The second-order valence-electron chi connectivity index (χ2n) is 5.22. The normalized spacial score (nSPS) is 21.3. The number of nitrogens with zero attached hydrogens (tertiary/aromatic N) is 1. The van der Waals surface area contributed by atoms with E-state index < -0.39 is 0 Å². The first-order valence-electron chi connectivity index (χ1n) is 7.61. The number of likely N-dealkylation sites (N-methyl/N-ethyl adjacent to an activating group) is 1. The van der Waals surface area contributed by atoms with Crippen LogP contribution in [0.2, 0.25) is 0 Å². The van der Waals surface area contributed by atoms with E-state index in [1.54, 1.807) is 26.0 Å². The Balaban J connectivity index is 2.37. The van der Waals surface area contributed by atoms with Gasteiger partial charge in [-0.25, -0.2) is 0 Å². The molecule has 2 N–H and O–H groups in total. The summed E-state index contributed by atoms with van der Waals surface area (Å²) in [6.45, 7) is 3.69. The second kappa shape index (κ2) is 7.74. The van der Waals surface area contributed by atoms with E-state index in [0.717, 1.165) is 36.6 Å². The maximum absolute atomic E-state index is 12.6. The highest BCUT2D eigenvalue weighted by Gasteiger charge is 2.41. The van der Waals surface area contributed by atoms with E-state index in [1.807, 2.05) is 30.1 Å². The van der Waals surface area contributed by atoms with Crippen LogP contribution in [0.4, 0.5) is 0 Å². The monoisotopic (exact) mass is 325 g/mol. The maximum atomic E-state index is 12.6. The molecule has 0 aliphatic carbocycles. The molecule has 5 nitrogen and oxygen atoms in total. The van der Waals surface area contributed by atoms with E-state index in [4.69, 9.17) is 9.47 Å². The molecular weight excluding hydrogens is 300 g/mol. The molecule has 1 amide bonds. The molecule has 2 atom stereocenters. The molecule has 0 spiro atoms. The number of methoxy groups -OCH3 is 2. The molecule has 6 heteroatoms. The first-order chi connectivity index (χ1) is 10.7. The number of carbonyl (C=O) groups excluding carboxylic acids is 1. The van der Waals surface area contributed by atoms with Crippen molar-refractivity contribution in [3.63, 3.8) is 0 Å². The highest BCUT2D eigenvalue weighted by atomic mass is 32.2. The number of benzene rings is 1. The minimum atomic E-state index is -0.0116. The Morgan fingerprint density at radius 3 is 2.68 bits per heavy atom. The molecule has 1 saturated heterocycles. The molecule has 1 heterocycles. The van der Waals surface area contributed by atoms with Crippen LogP contribution in [0.1, 0.15) is 24.3 Å². The molecule has 0 saturated carbocycles. The summed E-state index contributed by atoms with van der Waals surface area (Å²) in [5.74, 6) is 1.81. The minimum absolute atomic E-state index is 0.0116. The molecule has 22 heavy (non-hydrogen) atoms. The predicted molar refractivity (Wildman–Crippen MR) is 88.4 cm³/mol. The Hall–Kier alpha value is -1.40. The van der Waals surface area contributed by atoms with Gasteiger partial charge in [-0.1, -0.05) is 6.92 Å². The standard InChI is InChI=1S/C16H24N2O3S/c1-5-14-15(19)18(9-8-17-2)16(22-14)12-10-11(20-3)6-7-13(12)21-4/h6-7,10,14,16-17H,5,8-9H2,1-4H3/p+1/t14-,16+/m1/s1. The number of nitrogens with two attached hydrogens (primary N) is 1. The average Bonchev–Trinajstić information content (AvgIpc) is 2.88. The topological polar surface area (TPSA) is 55.4 Å². The molecule has 0 aromatic heterocycles. The van der Waals surface area contributed by atoms with Crippen LogP contribution in [-0.4, -0.2) is 50.4 Å². The van der Waals surface area contributed by atoms with E-state index in [2.05, 4.69) is 12.2 Å². The van der Waals surface area contributed by atoms with Crippen LogP contribution in [-0.2, 0) is 4.79 Å². The van der Waals surface area contributed by atoms with Crippen molar-refractivity contribution in [1.29, 1.82) is 0 Å². The third-order valence-electron chi connectivity index (χ3n) is 3.87. The molecule has 2 rings (SSSR count). The summed E-state index contributed by atoms with van der Waals surface area (Å²) in [6, 6.07) is 5.76. The van der Waals surface area contributed by atoms with Crippen molar-refractivity contribution in [2.45, 2.75) is 24.0 Å². The van der Waals surface area contributed by atoms with Gasteiger partial charge in [-0.15, -0.1) is 11.8 Å². The van der Waals surface area contributed by atoms with Crippen LogP contribution in [0, 0.1) is 0 Å². The van der Waals surface area contributed by atoms with Crippen LogP contribution in [0.15, 0.2) is 18.2 Å². The van der Waals surface area contributed by atoms with Crippen LogP contribution in [0.25, 0.3) is 0 Å². The van der Waals surface area contributed by atoms with Gasteiger partial charge in [-0.3, -0.25) is 4.79 Å². The average molecular weight is 325 g/mol. The highest BCUT2D eigenvalue weighted by Crippen LogP contribution is 2.47. The fraction of sp³-hybridized carbons (Fsp3) is 0.562. The Morgan fingerprint density at radius 2 is 2.09 bits per heavy atom. The minimum Gasteiger partial charge on any atom is -0.497 e. The smallest absolute Gasteiger partial charge is 0.237 e. The molecule has 1 aromatic carbocycles. The zero-order chi connectivity index (χ0) is 16.1. The molecule has 0 radical (unpaired) electrons. The largest absolute Gasteiger partial charge is 0.497 e. The summed E-state index contributed by atoms with van der Waals surface area (Å²) < 4.78 is 10.8. The van der Waals surface area contributed by atoms with Crippen molar-refractivity contribution in [2.75, 3.05) is 34.4 Å². The van der Waals surface area contributed by atoms with Gasteiger partial charge in [0.05, 0.1) is 39.6 Å². The molecule has 1 aromatic rings. The molecule has 0 unspecified atom stereocenters. The Labute approximate surface area is 136 Å². The van der Waals surface area contributed by atoms with Gasteiger partial charge in [0.25, 0.3) is 0 Å². The number of hydrogen-bond acceptors (Lipinski definition) is 4. The fourth-order valence-corrected chi connectivity index (χ4v) is 4.07. The van der Waals surface area contributed by atoms with Gasteiger partial charge in [0.2, 0.25) is 5.91 Å². The number of thioether (sulfide) groups is 1. The summed E-state index contributed by atoms with van der Waals surface area (Å²) >= 11 is 1.71. The van der Waals surface area contributed by atoms with Gasteiger partial charge in [0, 0.05) is 5.56 Å². The van der Waals surface area contributed by atoms with E-state index in [0.29, 0.717) is 0 Å². The molecule has 1 aliphatic rings. The number of carbonyl (C=O) groups is 1. The highest BCUT2D eigenvalue weighted by molar-refractivity contribution is 8.01. The van der Waals surface area contributed by atoms with Gasteiger partial charge in [0.1, 0.15) is 16.9 Å². The van der Waals surface area contributed by atoms with Crippen molar-refractivity contribution in [3.8, 4) is 11.5 Å². The maximum Gasteiger partial charge on any atom is 0.237 e. The lowest BCUT2D eigenvalue weighted by Gasteiger charge is -2.25. The van der Waals surface area contributed by atoms with E-state index in [1.165, 1.54) is 0 Å². The Morgan fingerprint density at radius 1 is 1.32 bits per heavy atom. The third-order valence-corrected chi connectivity index (χ3v) is 5.50. The number of hydrogen-bond donors (Lipinski definition) is 1. The van der Waals surface area contributed by atoms with Crippen molar-refractivity contribution in [1.82, 2.24) is 4.90 Å². The third kappa shape index (κ3) is 3.33. The first kappa shape index (κ1) is 17.0. The van der Waals surface area contributed by atoms with Gasteiger partial charge in [-0.2, -0.15) is 0 Å². The summed E-state index contributed by atoms with van der Waals surface area (Å²) in [5, 5.41) is 2.11. The van der Waals surface area contributed by atoms with Gasteiger partial charge < -0.3 is 19.7 Å². The predicted octanol–water partition coefficient (Wildman–Crippen LogP) is 1.25. The molecule has 122 valence electrons. The number of rotatable bonds is 7. The number of ether oxygens (including phenoxy) is 2. The van der Waals surface area contributed by atoms with Crippen molar-refractivity contribution in [2.24, 2.45) is 0 Å². The van der Waals surface area contributed by atoms with Gasteiger partial charge in [0.15, 0.2) is 0 Å². The lowest BCUT2D eigenvalue weighted by molar-refractivity contribution is -0.626. The summed E-state index contributed by atoms with van der Waals surface area (Å²) in [4.78, 5) is 14.6. The quantitative estimate of drug-likeness (QED) is 0.820. The van der Waals surface area contributed by atoms with Crippen molar-refractivity contribution in [3.05, 3.63) is 23.8 Å². The van der Waals surface area contributed by atoms with E-state index >= 15 is 0 Å². The molecule has 0 bridgehead atoms. The number of amides is 1. The van der Waals surface area contributed by atoms with Crippen LogP contribution in [0.5, 0.6) is 11.5 Å². The lowest BCUT2D eigenvalue weighted by atomic mass is 10.1. The molecular formula is C16H25N2O3S+. The van der Waals surface area contributed by atoms with Crippen LogP contribution >= 0.6 is 11.8 Å².